The van der Waals surface area contributed by atoms with Crippen LogP contribution in [0.15, 0.2) is 51.5 Å². The lowest BCUT2D eigenvalue weighted by molar-refractivity contribution is -0.128. The first-order chi connectivity index (χ1) is 14.0. The molecule has 1 saturated heterocycles. The second kappa shape index (κ2) is 8.32. The van der Waals surface area contributed by atoms with Gasteiger partial charge in [0.05, 0.1) is 17.0 Å². The molecular weight excluding hydrogens is 441 g/mol. The SMILES string of the molecule is CCOc1cccc(CN2CC(c3nc(-c4ccc(F)c(Br)c4)no3)CC2=O)c1. The summed E-state index contributed by atoms with van der Waals surface area (Å²) in [7, 11) is 0. The van der Waals surface area contributed by atoms with Crippen LogP contribution in [0.3, 0.4) is 0 Å². The molecule has 6 nitrogen and oxygen atoms in total. The van der Waals surface area contributed by atoms with Gasteiger partial charge in [0.25, 0.3) is 0 Å². The molecule has 1 aromatic heterocycles. The van der Waals surface area contributed by atoms with Gasteiger partial charge < -0.3 is 14.2 Å². The van der Waals surface area contributed by atoms with E-state index in [4.69, 9.17) is 9.26 Å². The van der Waals surface area contributed by atoms with E-state index in [1.54, 1.807) is 17.0 Å². The van der Waals surface area contributed by atoms with E-state index in [0.29, 0.717) is 47.9 Å². The highest BCUT2D eigenvalue weighted by molar-refractivity contribution is 9.10. The number of aromatic nitrogens is 2. The van der Waals surface area contributed by atoms with Gasteiger partial charge in [0, 0.05) is 25.1 Å². The molecule has 8 heteroatoms. The molecule has 0 N–H and O–H groups in total. The molecule has 2 heterocycles. The maximum Gasteiger partial charge on any atom is 0.232 e. The molecule has 1 amide bonds. The Morgan fingerprint density at radius 2 is 2.17 bits per heavy atom. The third-order valence-electron chi connectivity index (χ3n) is 4.77. The predicted octanol–water partition coefficient (Wildman–Crippen LogP) is 4.55. The molecule has 3 aromatic rings. The normalized spacial score (nSPS) is 16.4. The minimum Gasteiger partial charge on any atom is -0.494 e. The number of hydrogen-bond acceptors (Lipinski definition) is 5. The van der Waals surface area contributed by atoms with Crippen LogP contribution >= 0.6 is 15.9 Å². The van der Waals surface area contributed by atoms with Gasteiger partial charge >= 0.3 is 0 Å². The maximum atomic E-state index is 13.4. The van der Waals surface area contributed by atoms with E-state index in [-0.39, 0.29) is 17.6 Å². The Labute approximate surface area is 175 Å². The number of halogens is 2. The third kappa shape index (κ3) is 4.32. The van der Waals surface area contributed by atoms with Crippen molar-refractivity contribution in [3.8, 4) is 17.1 Å². The quantitative estimate of drug-likeness (QED) is 0.540. The van der Waals surface area contributed by atoms with E-state index in [1.165, 1.54) is 6.07 Å². The molecule has 0 spiro atoms. The Morgan fingerprint density at radius 1 is 1.31 bits per heavy atom. The molecule has 1 fully saturated rings. The molecule has 0 aliphatic carbocycles. The van der Waals surface area contributed by atoms with Crippen molar-refractivity contribution in [1.82, 2.24) is 15.0 Å². The maximum absolute atomic E-state index is 13.4. The van der Waals surface area contributed by atoms with Crippen molar-refractivity contribution in [1.29, 1.82) is 0 Å². The number of carbonyl (C=O) groups is 1. The molecule has 150 valence electrons. The highest BCUT2D eigenvalue weighted by Gasteiger charge is 2.34. The molecule has 1 aliphatic rings. The van der Waals surface area contributed by atoms with Crippen LogP contribution in [0.5, 0.6) is 5.75 Å². The zero-order chi connectivity index (χ0) is 20.4. The third-order valence-corrected chi connectivity index (χ3v) is 5.37. The minimum absolute atomic E-state index is 0.0427. The average Bonchev–Trinajstić information content (AvgIpc) is 3.32. The lowest BCUT2D eigenvalue weighted by Crippen LogP contribution is -2.24. The largest absolute Gasteiger partial charge is 0.494 e. The fourth-order valence-electron chi connectivity index (χ4n) is 3.36. The van der Waals surface area contributed by atoms with E-state index in [0.717, 1.165) is 11.3 Å². The van der Waals surface area contributed by atoms with Crippen LogP contribution in [0, 0.1) is 5.82 Å². The summed E-state index contributed by atoms with van der Waals surface area (Å²) < 4.78 is 24.7. The van der Waals surface area contributed by atoms with Crippen LogP contribution in [-0.2, 0) is 11.3 Å². The van der Waals surface area contributed by atoms with Crippen molar-refractivity contribution in [2.75, 3.05) is 13.2 Å². The molecule has 4 rings (SSSR count). The zero-order valence-corrected chi connectivity index (χ0v) is 17.4. The molecule has 2 aromatic carbocycles. The molecular formula is C21H19BrFN3O3. The molecule has 1 aliphatic heterocycles. The molecule has 0 saturated carbocycles. The van der Waals surface area contributed by atoms with Crippen LogP contribution in [-0.4, -0.2) is 34.1 Å². The van der Waals surface area contributed by atoms with E-state index in [9.17, 15) is 9.18 Å². The summed E-state index contributed by atoms with van der Waals surface area (Å²) in [5, 5.41) is 3.99. The van der Waals surface area contributed by atoms with Crippen molar-refractivity contribution < 1.29 is 18.4 Å². The van der Waals surface area contributed by atoms with E-state index >= 15 is 0 Å². The summed E-state index contributed by atoms with van der Waals surface area (Å²) >= 11 is 3.16. The fraction of sp³-hybridized carbons (Fsp3) is 0.286. The molecule has 29 heavy (non-hydrogen) atoms. The van der Waals surface area contributed by atoms with E-state index < -0.39 is 0 Å². The van der Waals surface area contributed by atoms with Crippen LogP contribution in [0.4, 0.5) is 4.39 Å². The van der Waals surface area contributed by atoms with Gasteiger partial charge in [0.1, 0.15) is 11.6 Å². The number of benzene rings is 2. The minimum atomic E-state index is -0.358. The van der Waals surface area contributed by atoms with Gasteiger partial charge in [-0.25, -0.2) is 4.39 Å². The van der Waals surface area contributed by atoms with Crippen molar-refractivity contribution in [3.63, 3.8) is 0 Å². The summed E-state index contributed by atoms with van der Waals surface area (Å²) in [6.45, 7) is 3.54. The summed E-state index contributed by atoms with van der Waals surface area (Å²) in [5.41, 5.74) is 1.65. The fourth-order valence-corrected chi connectivity index (χ4v) is 3.74. The number of rotatable bonds is 6. The first kappa shape index (κ1) is 19.6. The summed E-state index contributed by atoms with van der Waals surface area (Å²) in [6.07, 6.45) is 0.319. The second-order valence-corrected chi connectivity index (χ2v) is 7.70. The molecule has 0 radical (unpaired) electrons. The predicted molar refractivity (Wildman–Crippen MR) is 108 cm³/mol. The first-order valence-electron chi connectivity index (χ1n) is 9.32. The zero-order valence-electron chi connectivity index (χ0n) is 15.8. The summed E-state index contributed by atoms with van der Waals surface area (Å²) in [5.74, 6) is 1.10. The van der Waals surface area contributed by atoms with Gasteiger partial charge in [-0.15, -0.1) is 0 Å². The Kier molecular flexibility index (Phi) is 5.62. The van der Waals surface area contributed by atoms with Crippen LogP contribution in [0.1, 0.15) is 30.7 Å². The number of nitrogens with zero attached hydrogens (tertiary/aromatic N) is 3. The van der Waals surface area contributed by atoms with Crippen LogP contribution in [0.2, 0.25) is 0 Å². The topological polar surface area (TPSA) is 68.5 Å². The standard InChI is InChI=1S/C21H19BrFN3O3/c1-2-28-16-5-3-4-13(8-16)11-26-12-15(10-19(26)27)21-24-20(25-29-21)14-6-7-18(23)17(22)9-14/h3-9,15H,2,10-12H2,1H3. The highest BCUT2D eigenvalue weighted by Crippen LogP contribution is 2.31. The van der Waals surface area contributed by atoms with Crippen molar-refractivity contribution in [2.24, 2.45) is 0 Å². The smallest absolute Gasteiger partial charge is 0.232 e. The summed E-state index contributed by atoms with van der Waals surface area (Å²) in [4.78, 5) is 18.7. The first-order valence-corrected chi connectivity index (χ1v) is 10.1. The van der Waals surface area contributed by atoms with Gasteiger partial charge in [-0.3, -0.25) is 4.79 Å². The van der Waals surface area contributed by atoms with E-state index in [2.05, 4.69) is 26.1 Å². The lowest BCUT2D eigenvalue weighted by atomic mass is 10.1. The Hall–Kier alpha value is -2.74. The van der Waals surface area contributed by atoms with Gasteiger partial charge in [0.15, 0.2) is 0 Å². The van der Waals surface area contributed by atoms with Crippen molar-refractivity contribution in [3.05, 3.63) is 64.2 Å². The van der Waals surface area contributed by atoms with Crippen LogP contribution in [0.25, 0.3) is 11.4 Å². The Bertz CT molecular complexity index is 1040. The van der Waals surface area contributed by atoms with Crippen LogP contribution < -0.4 is 4.74 Å². The number of carbonyl (C=O) groups excluding carboxylic acids is 1. The number of likely N-dealkylation sites (tertiary alicyclic amines) is 1. The molecule has 0 bridgehead atoms. The summed E-state index contributed by atoms with van der Waals surface area (Å²) in [6, 6.07) is 12.3. The molecule has 1 atom stereocenters. The lowest BCUT2D eigenvalue weighted by Gasteiger charge is -2.16. The van der Waals surface area contributed by atoms with Gasteiger partial charge in [-0.2, -0.15) is 4.98 Å². The van der Waals surface area contributed by atoms with Gasteiger partial charge in [-0.05, 0) is 58.7 Å². The second-order valence-electron chi connectivity index (χ2n) is 6.84. The average molecular weight is 460 g/mol. The van der Waals surface area contributed by atoms with E-state index in [1.807, 2.05) is 31.2 Å². The highest BCUT2D eigenvalue weighted by atomic mass is 79.9. The number of amides is 1. The monoisotopic (exact) mass is 459 g/mol. The van der Waals surface area contributed by atoms with Crippen molar-refractivity contribution in [2.45, 2.75) is 25.8 Å². The van der Waals surface area contributed by atoms with Crippen molar-refractivity contribution >= 4 is 21.8 Å². The number of ether oxygens (including phenoxy) is 1. The Balaban J connectivity index is 1.46. The molecule has 1 unspecified atom stereocenters. The van der Waals surface area contributed by atoms with Gasteiger partial charge in [0.2, 0.25) is 17.6 Å². The number of hydrogen-bond donors (Lipinski definition) is 0. The Morgan fingerprint density at radius 3 is 2.97 bits per heavy atom. The van der Waals surface area contributed by atoms with Gasteiger partial charge in [-0.1, -0.05) is 17.3 Å².